The summed E-state index contributed by atoms with van der Waals surface area (Å²) in [6.07, 6.45) is 17.1. The van der Waals surface area contributed by atoms with Crippen molar-refractivity contribution in [2.75, 3.05) is 12.3 Å². The number of benzene rings is 1. The maximum absolute atomic E-state index is 14.1. The normalized spacial score (nSPS) is 24.2. The Labute approximate surface area is 334 Å². The molecule has 312 valence electrons. The number of nitrogens with zero attached hydrogens (tertiary/aromatic N) is 5. The quantitative estimate of drug-likeness (QED) is 0.0429. The third-order valence-electron chi connectivity index (χ3n) is 11.1. The molecule has 2 aliphatic rings. The molecule has 1 saturated heterocycles. The fraction of sp³-hybridized carbons (Fsp3) is 0.659. The molecule has 0 spiro atoms. The molecular formula is C41H58FN6O8P. The topological polar surface area (TPSA) is 218 Å². The first kappa shape index (κ1) is 44.6. The Kier molecular flexibility index (Phi) is 16.4. The van der Waals surface area contributed by atoms with Gasteiger partial charge in [0, 0.05) is 0 Å². The Hall–Kier alpha value is -3.50. The Balaban J connectivity index is 1.06. The molecule has 1 aliphatic carbocycles. The number of nitrogens with two attached hydrogens (primary N) is 1. The van der Waals surface area contributed by atoms with Crippen molar-refractivity contribution in [3.8, 4) is 12.1 Å². The van der Waals surface area contributed by atoms with Gasteiger partial charge in [-0.2, -0.15) is 15.6 Å². The fourth-order valence-corrected chi connectivity index (χ4v) is 8.77. The monoisotopic (exact) mass is 812 g/mol. The lowest BCUT2D eigenvalue weighted by molar-refractivity contribution is -0.106. The first-order chi connectivity index (χ1) is 27.5. The van der Waals surface area contributed by atoms with Crippen molar-refractivity contribution in [2.24, 2.45) is 0 Å². The van der Waals surface area contributed by atoms with Gasteiger partial charge in [-0.15, -0.1) is 0 Å². The molecule has 1 aromatic carbocycles. The predicted octanol–water partition coefficient (Wildman–Crippen LogP) is 7.67. The SMILES string of the molecule is CCCCCCCCCCCCCCCCCCC[C@H](COP(=O)(O)OC1[C@H]2O[C@@](C#N)(c3ccc4c(N)ncnn34)[C@H](O)[C@@]12O)OCc1cc(F)cc(C#N)c1. The lowest BCUT2D eigenvalue weighted by Crippen LogP contribution is -2.47. The zero-order chi connectivity index (χ0) is 40.9. The molecule has 1 aliphatic heterocycles. The molecule has 0 bridgehead atoms. The van der Waals surface area contributed by atoms with Gasteiger partial charge < -0.3 is 30.3 Å². The van der Waals surface area contributed by atoms with Crippen LogP contribution in [0.15, 0.2) is 36.7 Å². The number of halogens is 1. The number of unbranched alkanes of at least 4 members (excludes halogenated alkanes) is 16. The Morgan fingerprint density at radius 3 is 2.16 bits per heavy atom. The lowest BCUT2D eigenvalue weighted by atomic mass is 9.90. The van der Waals surface area contributed by atoms with E-state index in [0.29, 0.717) is 17.5 Å². The molecule has 57 heavy (non-hydrogen) atoms. The number of ether oxygens (including phenoxy) is 2. The number of phosphoric acid groups is 1. The van der Waals surface area contributed by atoms with E-state index in [4.69, 9.17) is 24.3 Å². The predicted molar refractivity (Wildman–Crippen MR) is 210 cm³/mol. The number of aliphatic hydroxyl groups excluding tert-OH is 1. The van der Waals surface area contributed by atoms with Crippen LogP contribution in [0.1, 0.15) is 139 Å². The Bertz CT molecular complexity index is 1890. The van der Waals surface area contributed by atoms with Crippen LogP contribution in [0.5, 0.6) is 0 Å². The summed E-state index contributed by atoms with van der Waals surface area (Å²) in [5.41, 5.74) is 2.59. The summed E-state index contributed by atoms with van der Waals surface area (Å²) in [6.45, 7) is 1.81. The summed E-state index contributed by atoms with van der Waals surface area (Å²) in [5, 5.41) is 46.1. The van der Waals surface area contributed by atoms with Gasteiger partial charge in [0.15, 0.2) is 11.4 Å². The highest BCUT2D eigenvalue weighted by Gasteiger charge is 2.83. The number of fused-ring (bicyclic) bond motifs is 2. The minimum absolute atomic E-state index is 0.0677. The Morgan fingerprint density at radius 2 is 1.60 bits per heavy atom. The van der Waals surface area contributed by atoms with Crippen LogP contribution in [0.2, 0.25) is 0 Å². The van der Waals surface area contributed by atoms with Gasteiger partial charge in [-0.3, -0.25) is 9.05 Å². The summed E-state index contributed by atoms with van der Waals surface area (Å²) in [5.74, 6) is -0.461. The maximum atomic E-state index is 14.1. The van der Waals surface area contributed by atoms with Gasteiger partial charge in [0.05, 0.1) is 36.6 Å². The molecule has 16 heteroatoms. The lowest BCUT2D eigenvalue weighted by Gasteiger charge is -2.29. The number of hydrogen-bond donors (Lipinski definition) is 4. The molecule has 2 fully saturated rings. The van der Waals surface area contributed by atoms with E-state index in [9.17, 15) is 34.6 Å². The van der Waals surface area contributed by atoms with Gasteiger partial charge in [0.25, 0.3) is 0 Å². The van der Waals surface area contributed by atoms with Crippen molar-refractivity contribution in [2.45, 2.75) is 165 Å². The molecule has 14 nitrogen and oxygen atoms in total. The van der Waals surface area contributed by atoms with Crippen LogP contribution in [0, 0.1) is 28.5 Å². The van der Waals surface area contributed by atoms with E-state index in [1.54, 1.807) is 0 Å². The van der Waals surface area contributed by atoms with E-state index in [-0.39, 0.29) is 30.3 Å². The second-order valence-corrected chi connectivity index (χ2v) is 16.9. The first-order valence-corrected chi connectivity index (χ1v) is 22.0. The molecule has 3 heterocycles. The third-order valence-corrected chi connectivity index (χ3v) is 12.1. The van der Waals surface area contributed by atoms with Gasteiger partial charge >= 0.3 is 7.82 Å². The van der Waals surface area contributed by atoms with Crippen molar-refractivity contribution in [1.29, 1.82) is 10.5 Å². The van der Waals surface area contributed by atoms with Crippen molar-refractivity contribution in [1.82, 2.24) is 14.6 Å². The van der Waals surface area contributed by atoms with E-state index in [2.05, 4.69) is 17.0 Å². The highest BCUT2D eigenvalue weighted by Crippen LogP contribution is 2.63. The number of phosphoric ester groups is 1. The first-order valence-electron chi connectivity index (χ1n) is 20.5. The van der Waals surface area contributed by atoms with Crippen LogP contribution in [-0.4, -0.2) is 66.3 Å². The van der Waals surface area contributed by atoms with Crippen LogP contribution >= 0.6 is 7.82 Å². The van der Waals surface area contributed by atoms with E-state index < -0.39 is 49.3 Å². The van der Waals surface area contributed by atoms with Crippen molar-refractivity contribution in [3.05, 3.63) is 59.3 Å². The minimum Gasteiger partial charge on any atom is -0.385 e. The molecule has 3 aromatic rings. The molecule has 5 N–H and O–H groups in total. The number of nitriles is 2. The molecule has 2 aromatic heterocycles. The molecule has 2 unspecified atom stereocenters. The summed E-state index contributed by atoms with van der Waals surface area (Å²) in [6, 6.07) is 10.7. The van der Waals surface area contributed by atoms with E-state index in [1.807, 2.05) is 12.1 Å². The number of hydrogen-bond acceptors (Lipinski definition) is 12. The smallest absolute Gasteiger partial charge is 0.385 e. The minimum atomic E-state index is -4.87. The molecule has 7 atom stereocenters. The van der Waals surface area contributed by atoms with Crippen molar-refractivity contribution >= 4 is 19.2 Å². The average Bonchev–Trinajstić information content (AvgIpc) is 3.43. The van der Waals surface area contributed by atoms with E-state index in [0.717, 1.165) is 31.7 Å². The van der Waals surface area contributed by atoms with Crippen LogP contribution in [0.4, 0.5) is 10.2 Å². The fourth-order valence-electron chi connectivity index (χ4n) is 7.78. The van der Waals surface area contributed by atoms with Gasteiger partial charge in [-0.25, -0.2) is 18.5 Å². The second kappa shape index (κ2) is 21.0. The zero-order valence-electron chi connectivity index (χ0n) is 32.9. The summed E-state index contributed by atoms with van der Waals surface area (Å²) in [7, 11) is -4.87. The van der Waals surface area contributed by atoms with Gasteiger partial charge in [0.2, 0.25) is 5.60 Å². The van der Waals surface area contributed by atoms with Crippen LogP contribution in [-0.2, 0) is 35.3 Å². The summed E-state index contributed by atoms with van der Waals surface area (Å²) in [4.78, 5) is 14.6. The highest BCUT2D eigenvalue weighted by atomic mass is 31.2. The maximum Gasteiger partial charge on any atom is 0.472 e. The number of nitrogen functional groups attached to an aromatic ring is 1. The molecular weight excluding hydrogens is 754 g/mol. The van der Waals surface area contributed by atoms with Crippen LogP contribution in [0.3, 0.4) is 0 Å². The summed E-state index contributed by atoms with van der Waals surface area (Å²) >= 11 is 0. The molecule has 0 amide bonds. The number of aromatic nitrogens is 3. The molecule has 1 saturated carbocycles. The van der Waals surface area contributed by atoms with Crippen LogP contribution in [0.25, 0.3) is 5.52 Å². The molecule has 5 rings (SSSR count). The number of aliphatic hydroxyl groups is 2. The third kappa shape index (κ3) is 11.4. The largest absolute Gasteiger partial charge is 0.472 e. The number of rotatable bonds is 27. The zero-order valence-corrected chi connectivity index (χ0v) is 33.8. The van der Waals surface area contributed by atoms with Gasteiger partial charge in [0.1, 0.15) is 42.0 Å². The average molecular weight is 813 g/mol. The Morgan fingerprint density at radius 1 is 0.982 bits per heavy atom. The van der Waals surface area contributed by atoms with Crippen LogP contribution < -0.4 is 5.73 Å². The standard InChI is InChI=1S/C41H58FN6O8P/c1-2-3-4-5-6-7-8-9-10-11-12-13-14-15-16-17-18-19-33(53-26-31-22-30(25-43)23-32(42)24-31)27-54-57(51,52)56-37-36-41(37,50)39(49)40(28-44,55-36)35-21-20-34-38(45)46-29-47-48(34)35/h20-24,29,33,36-37,39,49-50H,2-19,26-27H2,1H3,(H,51,52)(H2,45,46,47)/t33-,36-,37?,39+,40+,41+/m1/s1. The van der Waals surface area contributed by atoms with E-state index >= 15 is 0 Å². The second-order valence-electron chi connectivity index (χ2n) is 15.5. The van der Waals surface area contributed by atoms with Crippen molar-refractivity contribution < 1.29 is 42.6 Å². The molecule has 0 radical (unpaired) electrons. The highest BCUT2D eigenvalue weighted by molar-refractivity contribution is 7.47. The van der Waals surface area contributed by atoms with Crippen molar-refractivity contribution in [3.63, 3.8) is 0 Å². The summed E-state index contributed by atoms with van der Waals surface area (Å²) < 4.78 is 51.0. The van der Waals surface area contributed by atoms with Gasteiger partial charge in [-0.1, -0.05) is 116 Å². The van der Waals surface area contributed by atoms with Gasteiger partial charge in [-0.05, 0) is 42.3 Å². The number of anilines is 1. The van der Waals surface area contributed by atoms with E-state index in [1.165, 1.54) is 119 Å².